The van der Waals surface area contributed by atoms with E-state index in [4.69, 9.17) is 13.3 Å². The Morgan fingerprint density at radius 1 is 0.938 bits per heavy atom. The van der Waals surface area contributed by atoms with E-state index in [0.29, 0.717) is 19.8 Å². The second kappa shape index (κ2) is 8.47. The molecule has 0 spiro atoms. The first kappa shape index (κ1) is 13.4. The summed E-state index contributed by atoms with van der Waals surface area (Å²) in [4.78, 5) is 0. The van der Waals surface area contributed by atoms with Gasteiger partial charge in [-0.3, -0.25) is 0 Å². The van der Waals surface area contributed by atoms with E-state index < -0.39 is 9.53 Å². The molecule has 4 heteroatoms. The van der Waals surface area contributed by atoms with Crippen molar-refractivity contribution < 1.29 is 13.3 Å². The minimum Gasteiger partial charge on any atom is -0.376 e. The van der Waals surface area contributed by atoms with Gasteiger partial charge in [-0.1, -0.05) is 30.3 Å². The molecule has 90 valence electrons. The van der Waals surface area contributed by atoms with Crippen molar-refractivity contribution in [3.63, 3.8) is 0 Å². The van der Waals surface area contributed by atoms with E-state index >= 15 is 0 Å². The molecule has 16 heavy (non-hydrogen) atoms. The van der Waals surface area contributed by atoms with Crippen molar-refractivity contribution in [2.45, 2.75) is 20.3 Å². The summed E-state index contributed by atoms with van der Waals surface area (Å²) in [6.45, 7) is 5.89. The van der Waals surface area contributed by atoms with Gasteiger partial charge in [-0.25, -0.2) is 0 Å². The molecule has 0 aliphatic heterocycles. The van der Waals surface area contributed by atoms with Crippen molar-refractivity contribution in [2.24, 2.45) is 0 Å². The summed E-state index contributed by atoms with van der Waals surface area (Å²) in [7, 11) is -1.87. The quantitative estimate of drug-likeness (QED) is 0.651. The van der Waals surface area contributed by atoms with Gasteiger partial charge in [-0.15, -0.1) is 0 Å². The molecule has 0 heterocycles. The Hall–Kier alpha value is -0.683. The minimum atomic E-state index is -1.87. The first-order valence-corrected chi connectivity index (χ1v) is 7.17. The summed E-state index contributed by atoms with van der Waals surface area (Å²) in [5.74, 6) is 0. The van der Waals surface area contributed by atoms with E-state index in [2.05, 4.69) is 12.1 Å². The highest BCUT2D eigenvalue weighted by Crippen LogP contribution is 2.01. The molecule has 0 aliphatic carbocycles. The highest BCUT2D eigenvalue weighted by molar-refractivity contribution is 6.36. The van der Waals surface area contributed by atoms with Crippen LogP contribution in [-0.4, -0.2) is 29.3 Å². The van der Waals surface area contributed by atoms with Gasteiger partial charge in [0.1, 0.15) is 0 Å². The smallest absolute Gasteiger partial charge is 0.376 e. The molecule has 0 aromatic heterocycles. The summed E-state index contributed by atoms with van der Waals surface area (Å²) in [5.41, 5.74) is 1.28. The zero-order valence-electron chi connectivity index (χ0n) is 10.0. The Morgan fingerprint density at radius 3 is 2.12 bits per heavy atom. The van der Waals surface area contributed by atoms with Crippen LogP contribution in [0.4, 0.5) is 0 Å². The summed E-state index contributed by atoms with van der Waals surface area (Å²) in [6, 6.07) is 10.3. The third-order valence-electron chi connectivity index (χ3n) is 2.09. The maximum atomic E-state index is 5.62. The molecule has 3 nitrogen and oxygen atoms in total. The standard InChI is InChI=1S/C12H20O3Si/c1-3-13-16(14-4-2)15-11-10-12-8-6-5-7-9-12/h5-9,16H,3-4,10-11H2,1-2H3. The summed E-state index contributed by atoms with van der Waals surface area (Å²) in [6.07, 6.45) is 0.907. The molecule has 0 atom stereocenters. The van der Waals surface area contributed by atoms with Crippen molar-refractivity contribution >= 4 is 9.53 Å². The molecular formula is C12H20O3Si. The van der Waals surface area contributed by atoms with Crippen LogP contribution < -0.4 is 0 Å². The molecule has 0 amide bonds. The van der Waals surface area contributed by atoms with Gasteiger partial charge in [0.15, 0.2) is 0 Å². The van der Waals surface area contributed by atoms with Crippen LogP contribution in [0.2, 0.25) is 0 Å². The Balaban J connectivity index is 2.22. The molecule has 0 saturated carbocycles. The van der Waals surface area contributed by atoms with Gasteiger partial charge >= 0.3 is 9.53 Å². The van der Waals surface area contributed by atoms with Crippen molar-refractivity contribution in [3.05, 3.63) is 35.9 Å². The molecule has 0 fully saturated rings. The molecule has 0 unspecified atom stereocenters. The SMILES string of the molecule is CCO[SiH](OCC)OCCc1ccccc1. The Labute approximate surface area is 99.3 Å². The fourth-order valence-electron chi connectivity index (χ4n) is 1.33. The molecule has 0 N–H and O–H groups in total. The summed E-state index contributed by atoms with van der Waals surface area (Å²) < 4.78 is 16.5. The fourth-order valence-corrected chi connectivity index (χ4v) is 2.48. The van der Waals surface area contributed by atoms with Crippen LogP contribution >= 0.6 is 0 Å². The van der Waals surface area contributed by atoms with Crippen molar-refractivity contribution in [2.75, 3.05) is 19.8 Å². The fraction of sp³-hybridized carbons (Fsp3) is 0.500. The van der Waals surface area contributed by atoms with Crippen LogP contribution in [0.25, 0.3) is 0 Å². The highest BCUT2D eigenvalue weighted by Gasteiger charge is 2.12. The maximum absolute atomic E-state index is 5.62. The van der Waals surface area contributed by atoms with Gasteiger partial charge in [-0.05, 0) is 25.8 Å². The second-order valence-corrected chi connectivity index (χ2v) is 4.88. The lowest BCUT2D eigenvalue weighted by Gasteiger charge is -2.14. The van der Waals surface area contributed by atoms with Crippen LogP contribution in [-0.2, 0) is 19.7 Å². The third kappa shape index (κ3) is 5.41. The lowest BCUT2D eigenvalue weighted by molar-refractivity contribution is 0.103. The predicted octanol–water partition coefficient (Wildman–Crippen LogP) is 2.04. The molecule has 0 bridgehead atoms. The average Bonchev–Trinajstić information content (AvgIpc) is 2.31. The van der Waals surface area contributed by atoms with Gasteiger partial charge in [-0.2, -0.15) is 0 Å². The summed E-state index contributed by atoms with van der Waals surface area (Å²) in [5, 5.41) is 0. The monoisotopic (exact) mass is 240 g/mol. The maximum Gasteiger partial charge on any atom is 0.484 e. The molecule has 0 saturated heterocycles. The summed E-state index contributed by atoms with van der Waals surface area (Å²) >= 11 is 0. The Morgan fingerprint density at radius 2 is 1.56 bits per heavy atom. The Kier molecular flexibility index (Phi) is 7.08. The van der Waals surface area contributed by atoms with E-state index in [1.54, 1.807) is 0 Å². The molecule has 1 aromatic rings. The van der Waals surface area contributed by atoms with Gasteiger partial charge in [0.2, 0.25) is 0 Å². The van der Waals surface area contributed by atoms with Crippen molar-refractivity contribution in [3.8, 4) is 0 Å². The lowest BCUT2D eigenvalue weighted by Crippen LogP contribution is -2.28. The largest absolute Gasteiger partial charge is 0.484 e. The first-order valence-electron chi connectivity index (χ1n) is 5.75. The molecule has 1 aromatic carbocycles. The van der Waals surface area contributed by atoms with Crippen LogP contribution in [0.3, 0.4) is 0 Å². The average molecular weight is 240 g/mol. The minimum absolute atomic E-state index is 0.655. The van der Waals surface area contributed by atoms with Gasteiger partial charge in [0.25, 0.3) is 0 Å². The van der Waals surface area contributed by atoms with Crippen molar-refractivity contribution in [1.29, 1.82) is 0 Å². The molecule has 0 radical (unpaired) electrons. The van der Waals surface area contributed by atoms with Crippen molar-refractivity contribution in [1.82, 2.24) is 0 Å². The van der Waals surface area contributed by atoms with Crippen LogP contribution in [0, 0.1) is 0 Å². The zero-order valence-corrected chi connectivity index (χ0v) is 11.2. The number of hydrogen-bond acceptors (Lipinski definition) is 3. The van der Waals surface area contributed by atoms with Crippen LogP contribution in [0.15, 0.2) is 30.3 Å². The van der Waals surface area contributed by atoms with E-state index in [1.807, 2.05) is 32.0 Å². The zero-order chi connectivity index (χ0) is 11.6. The predicted molar refractivity (Wildman–Crippen MR) is 66.5 cm³/mol. The van der Waals surface area contributed by atoms with E-state index in [9.17, 15) is 0 Å². The molecule has 0 aliphatic rings. The number of hydrogen-bond donors (Lipinski definition) is 0. The van der Waals surface area contributed by atoms with E-state index in [-0.39, 0.29) is 0 Å². The lowest BCUT2D eigenvalue weighted by atomic mass is 10.2. The third-order valence-corrected chi connectivity index (χ3v) is 3.81. The normalized spacial score (nSPS) is 10.9. The van der Waals surface area contributed by atoms with Crippen LogP contribution in [0.1, 0.15) is 19.4 Å². The Bertz CT molecular complexity index is 260. The van der Waals surface area contributed by atoms with Crippen LogP contribution in [0.5, 0.6) is 0 Å². The number of benzene rings is 1. The molecular weight excluding hydrogens is 220 g/mol. The van der Waals surface area contributed by atoms with Gasteiger partial charge in [0, 0.05) is 19.8 Å². The second-order valence-electron chi connectivity index (χ2n) is 3.31. The first-order chi connectivity index (χ1) is 7.86. The van der Waals surface area contributed by atoms with Gasteiger partial charge in [0.05, 0.1) is 0 Å². The number of rotatable bonds is 8. The van der Waals surface area contributed by atoms with E-state index in [1.165, 1.54) is 5.56 Å². The van der Waals surface area contributed by atoms with Gasteiger partial charge < -0.3 is 13.3 Å². The molecule has 1 rings (SSSR count). The highest BCUT2D eigenvalue weighted by atomic mass is 28.3. The van der Waals surface area contributed by atoms with E-state index in [0.717, 1.165) is 6.42 Å². The topological polar surface area (TPSA) is 27.7 Å².